The van der Waals surface area contributed by atoms with E-state index in [1.807, 2.05) is 20.8 Å². The minimum atomic E-state index is -0.610. The Labute approximate surface area is 98.0 Å². The molecule has 0 heterocycles. The van der Waals surface area contributed by atoms with Gasteiger partial charge in [0.25, 0.3) is 0 Å². The zero-order chi connectivity index (χ0) is 12.9. The summed E-state index contributed by atoms with van der Waals surface area (Å²) in [6.45, 7) is 5.58. The molecular formula is C12H23NO3. The molecule has 0 rings (SSSR count). The molecule has 0 saturated heterocycles. The van der Waals surface area contributed by atoms with Crippen molar-refractivity contribution in [3.05, 3.63) is 0 Å². The summed E-state index contributed by atoms with van der Waals surface area (Å²) in [4.78, 5) is 24.9. The van der Waals surface area contributed by atoms with E-state index in [4.69, 9.17) is 4.74 Å². The number of ether oxygens (including phenoxy) is 1. The number of rotatable bonds is 5. The number of carbonyl (C=O) groups excluding carboxylic acids is 2. The average molecular weight is 229 g/mol. The van der Waals surface area contributed by atoms with Gasteiger partial charge in [0, 0.05) is 20.0 Å². The van der Waals surface area contributed by atoms with Crippen LogP contribution in [0.2, 0.25) is 0 Å². The summed E-state index contributed by atoms with van der Waals surface area (Å²) < 4.78 is 4.74. The van der Waals surface area contributed by atoms with Gasteiger partial charge in [0.1, 0.15) is 0 Å². The standard InChI is InChI=1S/C12H23NO3/c1-7-9(10(14)13(4)5)8-12(2,3)11(15)16-6/h9H,7-8H2,1-6H3. The molecule has 0 aliphatic carbocycles. The van der Waals surface area contributed by atoms with E-state index in [9.17, 15) is 9.59 Å². The van der Waals surface area contributed by atoms with E-state index < -0.39 is 5.41 Å². The Bertz CT molecular complexity index is 259. The first-order valence-electron chi connectivity index (χ1n) is 5.55. The van der Waals surface area contributed by atoms with Gasteiger partial charge in [0.15, 0.2) is 0 Å². The van der Waals surface area contributed by atoms with Gasteiger partial charge >= 0.3 is 5.97 Å². The van der Waals surface area contributed by atoms with E-state index >= 15 is 0 Å². The molecule has 0 aromatic heterocycles. The van der Waals surface area contributed by atoms with Crippen molar-refractivity contribution in [2.75, 3.05) is 21.2 Å². The van der Waals surface area contributed by atoms with E-state index in [0.29, 0.717) is 6.42 Å². The number of esters is 1. The molecular weight excluding hydrogens is 206 g/mol. The zero-order valence-corrected chi connectivity index (χ0v) is 11.2. The maximum Gasteiger partial charge on any atom is 0.311 e. The summed E-state index contributed by atoms with van der Waals surface area (Å²) in [6, 6.07) is 0. The first-order chi connectivity index (χ1) is 7.26. The molecule has 1 amide bonds. The highest BCUT2D eigenvalue weighted by molar-refractivity contribution is 5.80. The van der Waals surface area contributed by atoms with Crippen LogP contribution in [0.15, 0.2) is 0 Å². The van der Waals surface area contributed by atoms with E-state index in [1.165, 1.54) is 7.11 Å². The van der Waals surface area contributed by atoms with Gasteiger partial charge in [0.2, 0.25) is 5.91 Å². The van der Waals surface area contributed by atoms with Gasteiger partial charge in [-0.15, -0.1) is 0 Å². The summed E-state index contributed by atoms with van der Waals surface area (Å²) >= 11 is 0. The number of carbonyl (C=O) groups is 2. The topological polar surface area (TPSA) is 46.6 Å². The molecule has 94 valence electrons. The lowest BCUT2D eigenvalue weighted by Gasteiger charge is -2.27. The molecule has 16 heavy (non-hydrogen) atoms. The lowest BCUT2D eigenvalue weighted by Crippen LogP contribution is -2.35. The Morgan fingerprint density at radius 3 is 2.12 bits per heavy atom. The first kappa shape index (κ1) is 14.9. The van der Waals surface area contributed by atoms with Crippen molar-refractivity contribution in [3.8, 4) is 0 Å². The molecule has 0 aliphatic heterocycles. The van der Waals surface area contributed by atoms with Gasteiger partial charge in [-0.3, -0.25) is 9.59 Å². The molecule has 4 nitrogen and oxygen atoms in total. The molecule has 0 fully saturated rings. The van der Waals surface area contributed by atoms with E-state index in [2.05, 4.69) is 0 Å². The maximum absolute atomic E-state index is 11.8. The van der Waals surface area contributed by atoms with Gasteiger partial charge in [-0.2, -0.15) is 0 Å². The van der Waals surface area contributed by atoms with E-state index in [1.54, 1.807) is 19.0 Å². The Hall–Kier alpha value is -1.06. The van der Waals surface area contributed by atoms with Crippen LogP contribution in [0.3, 0.4) is 0 Å². The van der Waals surface area contributed by atoms with Crippen LogP contribution in [0.25, 0.3) is 0 Å². The van der Waals surface area contributed by atoms with Crippen molar-refractivity contribution in [1.29, 1.82) is 0 Å². The fourth-order valence-electron chi connectivity index (χ4n) is 1.75. The van der Waals surface area contributed by atoms with Gasteiger partial charge in [0.05, 0.1) is 12.5 Å². The van der Waals surface area contributed by atoms with E-state index in [0.717, 1.165) is 6.42 Å². The zero-order valence-electron chi connectivity index (χ0n) is 11.2. The highest BCUT2D eigenvalue weighted by Crippen LogP contribution is 2.29. The molecule has 1 unspecified atom stereocenters. The fourth-order valence-corrected chi connectivity index (χ4v) is 1.75. The Balaban J connectivity index is 4.66. The third-order valence-electron chi connectivity index (χ3n) is 2.78. The van der Waals surface area contributed by atoms with Crippen LogP contribution in [0.5, 0.6) is 0 Å². The second-order valence-corrected chi connectivity index (χ2v) is 4.92. The van der Waals surface area contributed by atoms with Crippen LogP contribution >= 0.6 is 0 Å². The summed E-state index contributed by atoms with van der Waals surface area (Å²) in [5.74, 6) is -0.318. The predicted octanol–water partition coefficient (Wildman–Crippen LogP) is 1.69. The second-order valence-electron chi connectivity index (χ2n) is 4.92. The fraction of sp³-hybridized carbons (Fsp3) is 0.833. The predicted molar refractivity (Wildman–Crippen MR) is 62.9 cm³/mol. The van der Waals surface area contributed by atoms with Crippen LogP contribution < -0.4 is 0 Å². The lowest BCUT2D eigenvalue weighted by molar-refractivity contribution is -0.152. The number of amides is 1. The van der Waals surface area contributed by atoms with Crippen molar-refractivity contribution in [2.24, 2.45) is 11.3 Å². The molecule has 0 aromatic carbocycles. The molecule has 0 spiro atoms. The highest BCUT2D eigenvalue weighted by Gasteiger charge is 2.34. The second kappa shape index (κ2) is 5.87. The number of nitrogens with zero attached hydrogens (tertiary/aromatic N) is 1. The molecule has 0 bridgehead atoms. The van der Waals surface area contributed by atoms with Crippen molar-refractivity contribution in [1.82, 2.24) is 4.90 Å². The monoisotopic (exact) mass is 229 g/mol. The van der Waals surface area contributed by atoms with Crippen LogP contribution in [-0.2, 0) is 14.3 Å². The molecule has 0 saturated carbocycles. The Kier molecular flexibility index (Phi) is 5.48. The van der Waals surface area contributed by atoms with Crippen molar-refractivity contribution >= 4 is 11.9 Å². The van der Waals surface area contributed by atoms with Gasteiger partial charge in [-0.05, 0) is 26.7 Å². The quantitative estimate of drug-likeness (QED) is 0.674. The molecule has 0 N–H and O–H groups in total. The third kappa shape index (κ3) is 3.83. The normalized spacial score (nSPS) is 13.1. The average Bonchev–Trinajstić information content (AvgIpc) is 2.23. The summed E-state index contributed by atoms with van der Waals surface area (Å²) in [6.07, 6.45) is 1.25. The SMILES string of the molecule is CCC(CC(C)(C)C(=O)OC)C(=O)N(C)C. The van der Waals surface area contributed by atoms with Crippen molar-refractivity contribution in [3.63, 3.8) is 0 Å². The van der Waals surface area contributed by atoms with Gasteiger partial charge in [-0.25, -0.2) is 0 Å². The van der Waals surface area contributed by atoms with Gasteiger partial charge < -0.3 is 9.64 Å². The number of hydrogen-bond donors (Lipinski definition) is 0. The first-order valence-corrected chi connectivity index (χ1v) is 5.55. The molecule has 0 aliphatic rings. The largest absolute Gasteiger partial charge is 0.469 e. The molecule has 0 aromatic rings. The van der Waals surface area contributed by atoms with Crippen LogP contribution in [0.1, 0.15) is 33.6 Å². The van der Waals surface area contributed by atoms with Crippen LogP contribution in [0, 0.1) is 11.3 Å². The summed E-state index contributed by atoms with van der Waals surface area (Å²) in [7, 11) is 4.84. The molecule has 1 atom stereocenters. The van der Waals surface area contributed by atoms with Crippen LogP contribution in [-0.4, -0.2) is 38.0 Å². The van der Waals surface area contributed by atoms with Crippen LogP contribution in [0.4, 0.5) is 0 Å². The minimum absolute atomic E-state index is 0.0690. The summed E-state index contributed by atoms with van der Waals surface area (Å²) in [5.41, 5.74) is -0.610. The minimum Gasteiger partial charge on any atom is -0.469 e. The smallest absolute Gasteiger partial charge is 0.311 e. The van der Waals surface area contributed by atoms with Crippen molar-refractivity contribution in [2.45, 2.75) is 33.6 Å². The lowest BCUT2D eigenvalue weighted by atomic mass is 9.81. The third-order valence-corrected chi connectivity index (χ3v) is 2.78. The highest BCUT2D eigenvalue weighted by atomic mass is 16.5. The molecule has 4 heteroatoms. The maximum atomic E-state index is 11.8. The molecule has 0 radical (unpaired) electrons. The van der Waals surface area contributed by atoms with Gasteiger partial charge in [-0.1, -0.05) is 6.92 Å². The Morgan fingerprint density at radius 1 is 1.31 bits per heavy atom. The number of methoxy groups -OCH3 is 1. The summed E-state index contributed by atoms with van der Waals surface area (Å²) in [5, 5.41) is 0. The number of hydrogen-bond acceptors (Lipinski definition) is 3. The van der Waals surface area contributed by atoms with Crippen molar-refractivity contribution < 1.29 is 14.3 Å². The Morgan fingerprint density at radius 2 is 1.81 bits per heavy atom. The van der Waals surface area contributed by atoms with E-state index in [-0.39, 0.29) is 17.8 Å².